The molecule has 0 aliphatic heterocycles. The van der Waals surface area contributed by atoms with Gasteiger partial charge in [-0.3, -0.25) is 14.7 Å². The van der Waals surface area contributed by atoms with Crippen LogP contribution in [0.15, 0.2) is 12.1 Å². The lowest BCUT2D eigenvalue weighted by Crippen LogP contribution is -2.22. The first-order valence-electron chi connectivity index (χ1n) is 6.55. The number of hydrogen-bond donors (Lipinski definition) is 1. The molecule has 0 saturated carbocycles. The predicted molar refractivity (Wildman–Crippen MR) is 76.7 cm³/mol. The van der Waals surface area contributed by atoms with E-state index in [1.807, 2.05) is 13.8 Å². The van der Waals surface area contributed by atoms with E-state index in [0.717, 1.165) is 4.57 Å². The van der Waals surface area contributed by atoms with Gasteiger partial charge >= 0.3 is 6.18 Å². The Kier molecular flexibility index (Phi) is 4.60. The van der Waals surface area contributed by atoms with Gasteiger partial charge in [0.05, 0.1) is 0 Å². The number of anilines is 1. The van der Waals surface area contributed by atoms with Gasteiger partial charge in [-0.2, -0.15) is 13.2 Å². The van der Waals surface area contributed by atoms with Crippen LogP contribution in [0.3, 0.4) is 0 Å². The Morgan fingerprint density at radius 1 is 1.36 bits per heavy atom. The summed E-state index contributed by atoms with van der Waals surface area (Å²) >= 11 is 5.72. The Balaban J connectivity index is 2.43. The molecule has 2 aromatic heterocycles. The van der Waals surface area contributed by atoms with E-state index in [1.54, 1.807) is 0 Å². The van der Waals surface area contributed by atoms with E-state index in [4.69, 9.17) is 11.6 Å². The number of halogens is 4. The first kappa shape index (κ1) is 16.5. The molecule has 0 spiro atoms. The third-order valence-electron chi connectivity index (χ3n) is 2.74. The number of fused-ring (bicyclic) bond motifs is 1. The highest BCUT2D eigenvalue weighted by Gasteiger charge is 2.31. The highest BCUT2D eigenvalue weighted by Crippen LogP contribution is 2.26. The number of pyridine rings is 1. The summed E-state index contributed by atoms with van der Waals surface area (Å²) < 4.78 is 39.1. The van der Waals surface area contributed by atoms with Crippen molar-refractivity contribution in [2.24, 2.45) is 5.92 Å². The number of nitrogens with one attached hydrogen (secondary N) is 1. The van der Waals surface area contributed by atoms with Crippen molar-refractivity contribution in [3.8, 4) is 0 Å². The Morgan fingerprint density at radius 3 is 2.64 bits per heavy atom. The summed E-state index contributed by atoms with van der Waals surface area (Å²) in [6.45, 7) is 2.35. The topological polar surface area (TPSA) is 59.8 Å². The lowest BCUT2D eigenvalue weighted by atomic mass is 10.1. The lowest BCUT2D eigenvalue weighted by molar-refractivity contribution is -0.139. The van der Waals surface area contributed by atoms with Crippen LogP contribution in [0.5, 0.6) is 0 Å². The number of alkyl halides is 3. The molecule has 9 heteroatoms. The van der Waals surface area contributed by atoms with Crippen molar-refractivity contribution in [2.75, 3.05) is 5.32 Å². The summed E-state index contributed by atoms with van der Waals surface area (Å²) in [5.41, 5.74) is 0.207. The van der Waals surface area contributed by atoms with Gasteiger partial charge in [-0.1, -0.05) is 25.4 Å². The molecular weight excluding hydrogens is 321 g/mol. The molecule has 2 aromatic rings. The van der Waals surface area contributed by atoms with Gasteiger partial charge in [-0.05, 0) is 18.1 Å². The van der Waals surface area contributed by atoms with Crippen LogP contribution in [0.25, 0.3) is 11.2 Å². The molecule has 0 saturated heterocycles. The van der Waals surface area contributed by atoms with E-state index in [1.165, 1.54) is 12.1 Å². The molecule has 2 rings (SSSR count). The average Bonchev–Trinajstić information content (AvgIpc) is 2.64. The molecule has 120 valence electrons. The maximum atomic E-state index is 12.8. The maximum Gasteiger partial charge on any atom is 0.406 e. The third kappa shape index (κ3) is 4.09. The summed E-state index contributed by atoms with van der Waals surface area (Å²) in [4.78, 5) is 19.7. The first-order chi connectivity index (χ1) is 10.2. The lowest BCUT2D eigenvalue weighted by Gasteiger charge is -2.12. The zero-order valence-corrected chi connectivity index (χ0v) is 12.7. The number of rotatable bonds is 4. The molecule has 1 N–H and O–H groups in total. The SMILES string of the molecule is CC(C)CC(=O)Nc1nc2ccc(Cl)nc2n1CC(F)(F)F. The monoisotopic (exact) mass is 334 g/mol. The van der Waals surface area contributed by atoms with E-state index in [9.17, 15) is 18.0 Å². The highest BCUT2D eigenvalue weighted by molar-refractivity contribution is 6.29. The van der Waals surface area contributed by atoms with Crippen molar-refractivity contribution in [3.05, 3.63) is 17.3 Å². The van der Waals surface area contributed by atoms with Gasteiger partial charge in [-0.25, -0.2) is 9.97 Å². The standard InChI is InChI=1S/C13H14ClF3N4O/c1-7(2)5-10(22)20-12-18-8-3-4-9(14)19-11(8)21(12)6-13(15,16)17/h3-4,7H,5-6H2,1-2H3,(H,18,20,22). The van der Waals surface area contributed by atoms with E-state index in [0.29, 0.717) is 0 Å². The van der Waals surface area contributed by atoms with E-state index >= 15 is 0 Å². The number of nitrogens with zero attached hydrogens (tertiary/aromatic N) is 3. The first-order valence-corrected chi connectivity index (χ1v) is 6.93. The van der Waals surface area contributed by atoms with Gasteiger partial charge in [0.2, 0.25) is 11.9 Å². The number of imidazole rings is 1. The quantitative estimate of drug-likeness (QED) is 0.868. The van der Waals surface area contributed by atoms with Crippen LogP contribution in [0.2, 0.25) is 5.15 Å². The van der Waals surface area contributed by atoms with Crippen molar-refractivity contribution in [2.45, 2.75) is 33.0 Å². The van der Waals surface area contributed by atoms with Gasteiger partial charge in [0, 0.05) is 6.42 Å². The predicted octanol–water partition coefficient (Wildman–Crippen LogP) is 3.63. The Labute approximate surface area is 129 Å². The molecule has 0 radical (unpaired) electrons. The normalized spacial score (nSPS) is 12.1. The highest BCUT2D eigenvalue weighted by atomic mass is 35.5. The summed E-state index contributed by atoms with van der Waals surface area (Å²) in [5.74, 6) is -0.513. The Morgan fingerprint density at radius 2 is 2.05 bits per heavy atom. The third-order valence-corrected chi connectivity index (χ3v) is 2.95. The van der Waals surface area contributed by atoms with Gasteiger partial charge < -0.3 is 0 Å². The molecule has 1 amide bonds. The number of carbonyl (C=O) groups is 1. The number of aromatic nitrogens is 3. The van der Waals surface area contributed by atoms with Crippen LogP contribution in [0.4, 0.5) is 19.1 Å². The zero-order chi connectivity index (χ0) is 16.5. The summed E-state index contributed by atoms with van der Waals surface area (Å²) in [5, 5.41) is 2.45. The van der Waals surface area contributed by atoms with Crippen molar-refractivity contribution in [3.63, 3.8) is 0 Å². The average molecular weight is 335 g/mol. The minimum absolute atomic E-state index is 0.0235. The minimum atomic E-state index is -4.48. The number of amides is 1. The summed E-state index contributed by atoms with van der Waals surface area (Å²) in [6, 6.07) is 2.88. The molecular formula is C13H14ClF3N4O. The van der Waals surface area contributed by atoms with Crippen LogP contribution in [-0.4, -0.2) is 26.6 Å². The van der Waals surface area contributed by atoms with Gasteiger partial charge in [0.15, 0.2) is 5.65 Å². The summed E-state index contributed by atoms with van der Waals surface area (Å²) in [6.07, 6.45) is -4.29. The fraction of sp³-hybridized carbons (Fsp3) is 0.462. The Hall–Kier alpha value is -1.83. The van der Waals surface area contributed by atoms with Crippen molar-refractivity contribution >= 4 is 34.6 Å². The molecule has 0 aliphatic rings. The van der Waals surface area contributed by atoms with Crippen LogP contribution < -0.4 is 5.32 Å². The van der Waals surface area contributed by atoms with E-state index < -0.39 is 18.6 Å². The van der Waals surface area contributed by atoms with Gasteiger partial charge in [0.1, 0.15) is 17.2 Å². The molecule has 0 bridgehead atoms. The molecule has 2 heterocycles. The molecule has 0 aliphatic carbocycles. The van der Waals surface area contributed by atoms with E-state index in [2.05, 4.69) is 15.3 Å². The van der Waals surface area contributed by atoms with Gasteiger partial charge in [0.25, 0.3) is 0 Å². The smallest absolute Gasteiger partial charge is 0.296 e. The van der Waals surface area contributed by atoms with Crippen LogP contribution in [0, 0.1) is 5.92 Å². The largest absolute Gasteiger partial charge is 0.406 e. The molecule has 0 fully saturated rings. The molecule has 22 heavy (non-hydrogen) atoms. The fourth-order valence-corrected chi connectivity index (χ4v) is 2.09. The van der Waals surface area contributed by atoms with Crippen molar-refractivity contribution in [1.82, 2.24) is 14.5 Å². The number of carbonyl (C=O) groups excluding carboxylic acids is 1. The molecule has 0 aromatic carbocycles. The Bertz CT molecular complexity index is 696. The van der Waals surface area contributed by atoms with Crippen LogP contribution >= 0.6 is 11.6 Å². The summed E-state index contributed by atoms with van der Waals surface area (Å²) in [7, 11) is 0. The van der Waals surface area contributed by atoms with Gasteiger partial charge in [-0.15, -0.1) is 0 Å². The molecule has 0 unspecified atom stereocenters. The zero-order valence-electron chi connectivity index (χ0n) is 11.9. The second-order valence-corrected chi connectivity index (χ2v) is 5.65. The second kappa shape index (κ2) is 6.12. The molecule has 0 atom stereocenters. The number of hydrogen-bond acceptors (Lipinski definition) is 3. The second-order valence-electron chi connectivity index (χ2n) is 5.26. The minimum Gasteiger partial charge on any atom is -0.296 e. The van der Waals surface area contributed by atoms with Crippen LogP contribution in [0.1, 0.15) is 20.3 Å². The van der Waals surface area contributed by atoms with Crippen molar-refractivity contribution in [1.29, 1.82) is 0 Å². The van der Waals surface area contributed by atoms with Crippen molar-refractivity contribution < 1.29 is 18.0 Å². The fourth-order valence-electron chi connectivity index (χ4n) is 1.95. The van der Waals surface area contributed by atoms with Crippen LogP contribution in [-0.2, 0) is 11.3 Å². The molecule has 5 nitrogen and oxygen atoms in total. The maximum absolute atomic E-state index is 12.8. The van der Waals surface area contributed by atoms with E-state index in [-0.39, 0.29) is 34.6 Å².